The summed E-state index contributed by atoms with van der Waals surface area (Å²) in [6, 6.07) is 10.8. The Morgan fingerprint density at radius 2 is 2.12 bits per heavy atom. The number of benzene rings is 1. The number of rotatable bonds is 8. The molecule has 6 nitrogen and oxygen atoms in total. The van der Waals surface area contributed by atoms with E-state index >= 15 is 0 Å². The number of nitrogens with zero attached hydrogens (tertiary/aromatic N) is 2. The molecular formula is C19H19N3O3S. The highest BCUT2D eigenvalue weighted by atomic mass is 32.1. The molecule has 0 radical (unpaired) electrons. The molecule has 2 heterocycles. The summed E-state index contributed by atoms with van der Waals surface area (Å²) in [5, 5.41) is 5.77. The highest BCUT2D eigenvalue weighted by Crippen LogP contribution is 2.15. The lowest BCUT2D eigenvalue weighted by atomic mass is 10.2. The van der Waals surface area contributed by atoms with Gasteiger partial charge in [0.1, 0.15) is 23.1 Å². The average molecular weight is 369 g/mol. The highest BCUT2D eigenvalue weighted by molar-refractivity contribution is 7.09. The standard InChI is InChI=1S/C19H19N3O3S/c1-24-16-5-2-4-14(10-16)19(23)21-9-7-15-13-26-18(22-15)12-25-17-6-3-8-20-11-17/h2-6,8,10-11,13H,7,9,12H2,1H3,(H,21,23). The first-order valence-corrected chi connectivity index (χ1v) is 9.01. The number of thiazole rings is 1. The molecule has 134 valence electrons. The van der Waals surface area contributed by atoms with Gasteiger partial charge in [-0.2, -0.15) is 0 Å². The maximum atomic E-state index is 12.2. The van der Waals surface area contributed by atoms with Crippen molar-refractivity contribution in [3.05, 3.63) is 70.4 Å². The molecule has 7 heteroatoms. The number of carbonyl (C=O) groups excluding carboxylic acids is 1. The molecule has 3 aromatic rings. The number of hydrogen-bond acceptors (Lipinski definition) is 6. The quantitative estimate of drug-likeness (QED) is 0.660. The molecule has 0 unspecified atom stereocenters. The first-order chi connectivity index (χ1) is 12.7. The van der Waals surface area contributed by atoms with Crippen LogP contribution in [0.15, 0.2) is 54.2 Å². The Bertz CT molecular complexity index is 852. The number of amides is 1. The lowest BCUT2D eigenvalue weighted by molar-refractivity contribution is 0.0953. The van der Waals surface area contributed by atoms with Crippen molar-refractivity contribution in [2.75, 3.05) is 13.7 Å². The Labute approximate surface area is 155 Å². The smallest absolute Gasteiger partial charge is 0.251 e. The fourth-order valence-corrected chi connectivity index (χ4v) is 3.02. The summed E-state index contributed by atoms with van der Waals surface area (Å²) >= 11 is 1.54. The number of pyridine rings is 1. The van der Waals surface area contributed by atoms with Crippen LogP contribution in [0.4, 0.5) is 0 Å². The lowest BCUT2D eigenvalue weighted by Crippen LogP contribution is -2.25. The molecule has 0 fully saturated rings. The van der Waals surface area contributed by atoms with E-state index < -0.39 is 0 Å². The van der Waals surface area contributed by atoms with Gasteiger partial charge in [-0.1, -0.05) is 6.07 Å². The molecule has 0 aliphatic carbocycles. The molecule has 0 spiro atoms. The molecule has 1 aromatic carbocycles. The van der Waals surface area contributed by atoms with Gasteiger partial charge in [0.2, 0.25) is 0 Å². The third-order valence-corrected chi connectivity index (χ3v) is 4.47. The fourth-order valence-electron chi connectivity index (χ4n) is 2.28. The van der Waals surface area contributed by atoms with E-state index in [0.29, 0.717) is 30.9 Å². The molecule has 0 saturated heterocycles. The first kappa shape index (κ1) is 17.9. The SMILES string of the molecule is COc1cccc(C(=O)NCCc2csc(COc3cccnc3)n2)c1. The van der Waals surface area contributed by atoms with Gasteiger partial charge in [0.15, 0.2) is 0 Å². The molecule has 3 rings (SSSR count). The average Bonchev–Trinajstić information content (AvgIpc) is 3.15. The summed E-state index contributed by atoms with van der Waals surface area (Å²) < 4.78 is 10.8. The number of methoxy groups -OCH3 is 1. The van der Waals surface area contributed by atoms with Crippen LogP contribution in [-0.2, 0) is 13.0 Å². The highest BCUT2D eigenvalue weighted by Gasteiger charge is 2.07. The van der Waals surface area contributed by atoms with Gasteiger partial charge in [-0.3, -0.25) is 9.78 Å². The van der Waals surface area contributed by atoms with E-state index in [0.717, 1.165) is 16.5 Å². The van der Waals surface area contributed by atoms with Gasteiger partial charge in [0.05, 0.1) is 19.0 Å². The Hall–Kier alpha value is -2.93. The molecule has 0 atom stereocenters. The van der Waals surface area contributed by atoms with Crippen LogP contribution in [0.3, 0.4) is 0 Å². The Morgan fingerprint density at radius 3 is 2.92 bits per heavy atom. The van der Waals surface area contributed by atoms with Crippen LogP contribution in [-0.4, -0.2) is 29.5 Å². The molecule has 26 heavy (non-hydrogen) atoms. The molecule has 1 N–H and O–H groups in total. The maximum Gasteiger partial charge on any atom is 0.251 e. The van der Waals surface area contributed by atoms with Crippen molar-refractivity contribution in [2.45, 2.75) is 13.0 Å². The van der Waals surface area contributed by atoms with Gasteiger partial charge in [-0.15, -0.1) is 11.3 Å². The normalized spacial score (nSPS) is 10.3. The van der Waals surface area contributed by atoms with Crippen LogP contribution in [0.25, 0.3) is 0 Å². The van der Waals surface area contributed by atoms with Gasteiger partial charge >= 0.3 is 0 Å². The predicted molar refractivity (Wildman–Crippen MR) is 99.7 cm³/mol. The first-order valence-electron chi connectivity index (χ1n) is 8.13. The molecule has 0 aliphatic heterocycles. The van der Waals surface area contributed by atoms with Gasteiger partial charge in [-0.25, -0.2) is 4.98 Å². The van der Waals surface area contributed by atoms with E-state index in [4.69, 9.17) is 9.47 Å². The molecular weight excluding hydrogens is 350 g/mol. The predicted octanol–water partition coefficient (Wildman–Crippen LogP) is 3.10. The van der Waals surface area contributed by atoms with Crippen molar-refractivity contribution in [1.29, 1.82) is 0 Å². The third-order valence-electron chi connectivity index (χ3n) is 3.59. The summed E-state index contributed by atoms with van der Waals surface area (Å²) in [7, 11) is 1.58. The number of nitrogens with one attached hydrogen (secondary N) is 1. The number of aromatic nitrogens is 2. The van der Waals surface area contributed by atoms with Crippen molar-refractivity contribution < 1.29 is 14.3 Å². The molecule has 0 bridgehead atoms. The minimum absolute atomic E-state index is 0.126. The van der Waals surface area contributed by atoms with Gasteiger partial charge in [-0.05, 0) is 30.3 Å². The van der Waals surface area contributed by atoms with Crippen LogP contribution in [0.5, 0.6) is 11.5 Å². The van der Waals surface area contributed by atoms with E-state index in [1.165, 1.54) is 0 Å². The second-order valence-electron chi connectivity index (χ2n) is 5.45. The van der Waals surface area contributed by atoms with Crippen LogP contribution in [0.2, 0.25) is 0 Å². The molecule has 1 amide bonds. The number of carbonyl (C=O) groups is 1. The van der Waals surface area contributed by atoms with Crippen molar-refractivity contribution in [3.63, 3.8) is 0 Å². The van der Waals surface area contributed by atoms with Crippen LogP contribution in [0, 0.1) is 0 Å². The second kappa shape index (κ2) is 8.96. The third kappa shape index (κ3) is 5.03. The van der Waals surface area contributed by atoms with E-state index in [2.05, 4.69) is 15.3 Å². The summed E-state index contributed by atoms with van der Waals surface area (Å²) in [4.78, 5) is 20.7. The van der Waals surface area contributed by atoms with E-state index in [-0.39, 0.29) is 5.91 Å². The Morgan fingerprint density at radius 1 is 1.23 bits per heavy atom. The van der Waals surface area contributed by atoms with Crippen LogP contribution >= 0.6 is 11.3 Å². The zero-order valence-electron chi connectivity index (χ0n) is 14.3. The van der Waals surface area contributed by atoms with E-state index in [1.807, 2.05) is 17.5 Å². The minimum Gasteiger partial charge on any atom is -0.497 e. The summed E-state index contributed by atoms with van der Waals surface area (Å²) in [5.74, 6) is 1.25. The summed E-state index contributed by atoms with van der Waals surface area (Å²) in [6.45, 7) is 0.926. The number of ether oxygens (including phenoxy) is 2. The van der Waals surface area contributed by atoms with Crippen molar-refractivity contribution in [2.24, 2.45) is 0 Å². The van der Waals surface area contributed by atoms with E-state index in [9.17, 15) is 4.79 Å². The zero-order valence-corrected chi connectivity index (χ0v) is 15.2. The molecule has 2 aromatic heterocycles. The van der Waals surface area contributed by atoms with Crippen molar-refractivity contribution in [3.8, 4) is 11.5 Å². The summed E-state index contributed by atoms with van der Waals surface area (Å²) in [5.41, 5.74) is 1.51. The topological polar surface area (TPSA) is 73.3 Å². The van der Waals surface area contributed by atoms with E-state index in [1.54, 1.807) is 55.1 Å². The fraction of sp³-hybridized carbons (Fsp3) is 0.211. The van der Waals surface area contributed by atoms with Crippen molar-refractivity contribution in [1.82, 2.24) is 15.3 Å². The summed E-state index contributed by atoms with van der Waals surface area (Å²) in [6.07, 6.45) is 4.04. The zero-order chi connectivity index (χ0) is 18.2. The van der Waals surface area contributed by atoms with Gasteiger partial charge in [0, 0.05) is 30.1 Å². The second-order valence-corrected chi connectivity index (χ2v) is 6.39. The Balaban J connectivity index is 1.45. The van der Waals surface area contributed by atoms with Crippen LogP contribution < -0.4 is 14.8 Å². The largest absolute Gasteiger partial charge is 0.497 e. The minimum atomic E-state index is -0.126. The van der Waals surface area contributed by atoms with Gasteiger partial charge in [0.25, 0.3) is 5.91 Å². The lowest BCUT2D eigenvalue weighted by Gasteiger charge is -2.06. The monoisotopic (exact) mass is 369 g/mol. The Kier molecular flexibility index (Phi) is 6.16. The molecule has 0 aliphatic rings. The number of hydrogen-bond donors (Lipinski definition) is 1. The molecule has 0 saturated carbocycles. The maximum absolute atomic E-state index is 12.2. The van der Waals surface area contributed by atoms with Gasteiger partial charge < -0.3 is 14.8 Å². The van der Waals surface area contributed by atoms with Crippen molar-refractivity contribution >= 4 is 17.2 Å². The van der Waals surface area contributed by atoms with Crippen LogP contribution in [0.1, 0.15) is 21.1 Å².